The number of nitrogen functional groups attached to an aromatic ring is 1. The maximum Gasteiger partial charge on any atom is 0.416 e. The zero-order valence-corrected chi connectivity index (χ0v) is 11.8. The molecule has 0 atom stereocenters. The molecular formula is C14H10F3N3O4. The lowest BCUT2D eigenvalue weighted by atomic mass is 10.1. The Balaban J connectivity index is 2.29. The molecule has 7 nitrogen and oxygen atoms in total. The molecule has 0 heterocycles. The van der Waals surface area contributed by atoms with Gasteiger partial charge in [-0.1, -0.05) is 0 Å². The minimum absolute atomic E-state index is 0.0185. The molecule has 2 aromatic rings. The van der Waals surface area contributed by atoms with Gasteiger partial charge in [0.05, 0.1) is 16.6 Å². The Morgan fingerprint density at radius 3 is 2.21 bits per heavy atom. The summed E-state index contributed by atoms with van der Waals surface area (Å²) in [5, 5.41) is 11.0. The van der Waals surface area contributed by atoms with Crippen molar-refractivity contribution in [2.24, 2.45) is 5.84 Å². The van der Waals surface area contributed by atoms with Crippen molar-refractivity contribution in [1.82, 2.24) is 5.43 Å². The zero-order chi connectivity index (χ0) is 17.9. The summed E-state index contributed by atoms with van der Waals surface area (Å²) in [6, 6.07) is 7.15. The summed E-state index contributed by atoms with van der Waals surface area (Å²) < 4.78 is 42.7. The van der Waals surface area contributed by atoms with Crippen molar-refractivity contribution in [3.8, 4) is 11.5 Å². The third-order valence-electron chi connectivity index (χ3n) is 2.96. The van der Waals surface area contributed by atoms with Crippen LogP contribution in [0.15, 0.2) is 42.5 Å². The fourth-order valence-electron chi connectivity index (χ4n) is 1.84. The molecule has 2 aromatic carbocycles. The fourth-order valence-corrected chi connectivity index (χ4v) is 1.84. The van der Waals surface area contributed by atoms with E-state index in [1.807, 2.05) is 0 Å². The first kappa shape index (κ1) is 17.2. The number of nitrogens with two attached hydrogens (primary N) is 1. The van der Waals surface area contributed by atoms with Crippen molar-refractivity contribution in [1.29, 1.82) is 0 Å². The average Bonchev–Trinajstić information content (AvgIpc) is 2.53. The van der Waals surface area contributed by atoms with Crippen LogP contribution in [-0.4, -0.2) is 10.8 Å². The van der Waals surface area contributed by atoms with Gasteiger partial charge >= 0.3 is 6.18 Å². The molecule has 0 aliphatic heterocycles. The van der Waals surface area contributed by atoms with E-state index in [2.05, 4.69) is 0 Å². The number of hydrazine groups is 1. The number of nitro benzene ring substituents is 1. The van der Waals surface area contributed by atoms with Gasteiger partial charge in [0.1, 0.15) is 17.1 Å². The van der Waals surface area contributed by atoms with Gasteiger partial charge in [0.25, 0.3) is 11.6 Å². The van der Waals surface area contributed by atoms with E-state index in [1.54, 1.807) is 5.43 Å². The van der Waals surface area contributed by atoms with Crippen LogP contribution in [0.3, 0.4) is 0 Å². The molecule has 1 amide bonds. The number of nitrogens with one attached hydrogen (secondary N) is 1. The van der Waals surface area contributed by atoms with Gasteiger partial charge < -0.3 is 4.74 Å². The summed E-state index contributed by atoms with van der Waals surface area (Å²) in [6.45, 7) is 0. The zero-order valence-electron chi connectivity index (χ0n) is 11.8. The van der Waals surface area contributed by atoms with E-state index >= 15 is 0 Å². The maximum atomic E-state index is 12.5. The Bertz CT molecular complexity index is 776. The van der Waals surface area contributed by atoms with Gasteiger partial charge in [-0.05, 0) is 36.4 Å². The highest BCUT2D eigenvalue weighted by atomic mass is 19.4. The Morgan fingerprint density at radius 1 is 1.12 bits per heavy atom. The standard InChI is InChI=1S/C14H10F3N3O4/c15-14(16,17)8-1-3-9(4-2-8)24-10-5-6-11(13(21)19-18)12(7-10)20(22)23/h1-7H,18H2,(H,19,21). The molecule has 0 saturated heterocycles. The molecule has 3 N–H and O–H groups in total. The van der Waals surface area contributed by atoms with Crippen LogP contribution in [0.4, 0.5) is 18.9 Å². The van der Waals surface area contributed by atoms with Crippen molar-refractivity contribution in [2.45, 2.75) is 6.18 Å². The Labute approximate surface area is 133 Å². The number of amides is 1. The van der Waals surface area contributed by atoms with E-state index in [1.165, 1.54) is 6.07 Å². The van der Waals surface area contributed by atoms with Crippen molar-refractivity contribution < 1.29 is 27.6 Å². The summed E-state index contributed by atoms with van der Waals surface area (Å²) in [4.78, 5) is 21.7. The molecule has 126 valence electrons. The number of nitrogens with zero attached hydrogens (tertiary/aromatic N) is 1. The number of halogens is 3. The molecule has 0 fully saturated rings. The lowest BCUT2D eigenvalue weighted by molar-refractivity contribution is -0.385. The van der Waals surface area contributed by atoms with E-state index in [4.69, 9.17) is 10.6 Å². The minimum atomic E-state index is -4.48. The van der Waals surface area contributed by atoms with E-state index in [0.717, 1.165) is 36.4 Å². The normalized spacial score (nSPS) is 11.0. The summed E-state index contributed by atoms with van der Waals surface area (Å²) in [5.74, 6) is 4.11. The molecule has 2 rings (SSSR count). The Kier molecular flexibility index (Phi) is 4.69. The van der Waals surface area contributed by atoms with E-state index in [9.17, 15) is 28.1 Å². The van der Waals surface area contributed by atoms with Crippen molar-refractivity contribution in [3.05, 3.63) is 63.7 Å². The number of nitro groups is 1. The Hall–Kier alpha value is -3.14. The van der Waals surface area contributed by atoms with Crippen LogP contribution < -0.4 is 16.0 Å². The number of rotatable bonds is 4. The van der Waals surface area contributed by atoms with Crippen molar-refractivity contribution in [2.75, 3.05) is 0 Å². The second-order valence-corrected chi connectivity index (χ2v) is 4.53. The number of alkyl halides is 3. The lowest BCUT2D eigenvalue weighted by Gasteiger charge is -2.09. The first-order valence-electron chi connectivity index (χ1n) is 6.37. The van der Waals surface area contributed by atoms with Crippen molar-refractivity contribution >= 4 is 11.6 Å². The second-order valence-electron chi connectivity index (χ2n) is 4.53. The van der Waals surface area contributed by atoms with Gasteiger partial charge in [-0.2, -0.15) is 13.2 Å². The predicted molar refractivity (Wildman–Crippen MR) is 76.3 cm³/mol. The number of hydrogen-bond acceptors (Lipinski definition) is 5. The third kappa shape index (κ3) is 3.79. The van der Waals surface area contributed by atoms with Crippen molar-refractivity contribution in [3.63, 3.8) is 0 Å². The molecule has 0 radical (unpaired) electrons. The molecule has 0 aliphatic carbocycles. The molecule has 0 aliphatic rings. The largest absolute Gasteiger partial charge is 0.457 e. The summed E-state index contributed by atoms with van der Waals surface area (Å²) in [7, 11) is 0. The molecule has 0 aromatic heterocycles. The average molecular weight is 341 g/mol. The van der Waals surface area contributed by atoms with Gasteiger partial charge in [-0.15, -0.1) is 0 Å². The number of carbonyl (C=O) groups is 1. The van der Waals surface area contributed by atoms with Crippen LogP contribution in [0.1, 0.15) is 15.9 Å². The quantitative estimate of drug-likeness (QED) is 0.385. The first-order chi connectivity index (χ1) is 11.2. The van der Waals surface area contributed by atoms with E-state index in [0.29, 0.717) is 0 Å². The maximum absolute atomic E-state index is 12.5. The minimum Gasteiger partial charge on any atom is -0.457 e. The molecule has 0 bridgehead atoms. The third-order valence-corrected chi connectivity index (χ3v) is 2.96. The van der Waals surface area contributed by atoms with Crippen LogP contribution in [0.5, 0.6) is 11.5 Å². The highest BCUT2D eigenvalue weighted by molar-refractivity contribution is 5.98. The SMILES string of the molecule is NNC(=O)c1ccc(Oc2ccc(C(F)(F)F)cc2)cc1[N+](=O)[O-]. The summed E-state index contributed by atoms with van der Waals surface area (Å²) in [5.41, 5.74) is 0.0951. The molecular weight excluding hydrogens is 331 g/mol. The van der Waals surface area contributed by atoms with E-state index in [-0.39, 0.29) is 17.1 Å². The molecule has 0 unspecified atom stereocenters. The first-order valence-corrected chi connectivity index (χ1v) is 6.37. The lowest BCUT2D eigenvalue weighted by Crippen LogP contribution is -2.30. The van der Waals surface area contributed by atoms with Crippen LogP contribution in [-0.2, 0) is 6.18 Å². The number of hydrogen-bond donors (Lipinski definition) is 2. The van der Waals surface area contributed by atoms with Gasteiger partial charge in [-0.3, -0.25) is 20.3 Å². The monoisotopic (exact) mass is 341 g/mol. The number of benzene rings is 2. The highest BCUT2D eigenvalue weighted by Crippen LogP contribution is 2.32. The second kappa shape index (κ2) is 6.54. The predicted octanol–water partition coefficient (Wildman–Crippen LogP) is 3.01. The highest BCUT2D eigenvalue weighted by Gasteiger charge is 2.30. The molecule has 0 spiro atoms. The van der Waals surface area contributed by atoms with Gasteiger partial charge in [0, 0.05) is 0 Å². The number of ether oxygens (including phenoxy) is 1. The molecule has 10 heteroatoms. The molecule has 0 saturated carbocycles. The van der Waals surface area contributed by atoms with Crippen LogP contribution in [0, 0.1) is 10.1 Å². The van der Waals surface area contributed by atoms with Gasteiger partial charge in [-0.25, -0.2) is 5.84 Å². The fraction of sp³-hybridized carbons (Fsp3) is 0.0714. The topological polar surface area (TPSA) is 107 Å². The van der Waals surface area contributed by atoms with Crippen LogP contribution >= 0.6 is 0 Å². The Morgan fingerprint density at radius 2 is 1.71 bits per heavy atom. The summed E-state index contributed by atoms with van der Waals surface area (Å²) >= 11 is 0. The van der Waals surface area contributed by atoms with Crippen LogP contribution in [0.2, 0.25) is 0 Å². The number of carbonyl (C=O) groups excluding carboxylic acids is 1. The van der Waals surface area contributed by atoms with Gasteiger partial charge in [0.2, 0.25) is 0 Å². The smallest absolute Gasteiger partial charge is 0.416 e. The summed E-state index contributed by atoms with van der Waals surface area (Å²) in [6.07, 6.45) is -4.48. The van der Waals surface area contributed by atoms with E-state index < -0.39 is 28.3 Å². The van der Waals surface area contributed by atoms with Gasteiger partial charge in [0.15, 0.2) is 0 Å². The molecule has 24 heavy (non-hydrogen) atoms. The van der Waals surface area contributed by atoms with Crippen LogP contribution in [0.25, 0.3) is 0 Å².